The summed E-state index contributed by atoms with van der Waals surface area (Å²) in [6, 6.07) is 7.64. The largest absolute Gasteiger partial charge is 0.497 e. The maximum atomic E-state index is 10.6. The summed E-state index contributed by atoms with van der Waals surface area (Å²) in [5.74, 6) is 3.21. The van der Waals surface area contributed by atoms with Gasteiger partial charge in [0.15, 0.2) is 5.82 Å². The molecule has 1 N–H and O–H groups in total. The third kappa shape index (κ3) is 3.85. The monoisotopic (exact) mass is 343 g/mol. The highest BCUT2D eigenvalue weighted by molar-refractivity contribution is 5.30. The second-order valence-corrected chi connectivity index (χ2v) is 7.16. The first-order valence-corrected chi connectivity index (χ1v) is 9.11. The van der Waals surface area contributed by atoms with Crippen LogP contribution < -0.4 is 4.74 Å². The quantitative estimate of drug-likeness (QED) is 0.869. The van der Waals surface area contributed by atoms with Crippen LogP contribution >= 0.6 is 0 Å². The molecule has 0 bridgehead atoms. The Kier molecular flexibility index (Phi) is 4.72. The molecule has 1 aliphatic carbocycles. The Morgan fingerprint density at radius 1 is 1.32 bits per heavy atom. The molecular formula is C19H25N3O3. The van der Waals surface area contributed by atoms with E-state index in [9.17, 15) is 5.11 Å². The summed E-state index contributed by atoms with van der Waals surface area (Å²) >= 11 is 0. The number of aliphatic hydroxyl groups is 1. The van der Waals surface area contributed by atoms with Crippen molar-refractivity contribution in [3.63, 3.8) is 0 Å². The molecule has 1 aromatic heterocycles. The van der Waals surface area contributed by atoms with Gasteiger partial charge in [-0.1, -0.05) is 17.3 Å². The number of rotatable bonds is 6. The Hall–Kier alpha value is -1.92. The lowest BCUT2D eigenvalue weighted by molar-refractivity contribution is 0.0940. The summed E-state index contributed by atoms with van der Waals surface area (Å²) in [6.45, 7) is 2.46. The molecule has 25 heavy (non-hydrogen) atoms. The second-order valence-electron chi connectivity index (χ2n) is 7.16. The van der Waals surface area contributed by atoms with E-state index in [1.54, 1.807) is 7.11 Å². The summed E-state index contributed by atoms with van der Waals surface area (Å²) in [5.41, 5.74) is 0.886. The smallest absolute Gasteiger partial charge is 0.229 e. The van der Waals surface area contributed by atoms with Crippen molar-refractivity contribution >= 4 is 0 Å². The van der Waals surface area contributed by atoms with Gasteiger partial charge < -0.3 is 14.4 Å². The van der Waals surface area contributed by atoms with Crippen LogP contribution in [0.25, 0.3) is 0 Å². The van der Waals surface area contributed by atoms with Gasteiger partial charge in [-0.05, 0) is 49.9 Å². The molecule has 1 saturated carbocycles. The SMILES string of the molecule is COc1cccc([C@H](O)CN2CCC[C@H](c3noc(C4CC4)n3)C2)c1. The summed E-state index contributed by atoms with van der Waals surface area (Å²) in [4.78, 5) is 6.90. The van der Waals surface area contributed by atoms with E-state index in [2.05, 4.69) is 15.0 Å². The van der Waals surface area contributed by atoms with Crippen LogP contribution in [-0.4, -0.2) is 46.9 Å². The molecule has 2 heterocycles. The van der Waals surface area contributed by atoms with Crippen molar-refractivity contribution in [2.75, 3.05) is 26.7 Å². The van der Waals surface area contributed by atoms with Crippen LogP contribution in [0.1, 0.15) is 60.9 Å². The van der Waals surface area contributed by atoms with E-state index in [4.69, 9.17) is 9.26 Å². The first-order valence-electron chi connectivity index (χ1n) is 9.11. The number of ether oxygens (including phenoxy) is 1. The van der Waals surface area contributed by atoms with Gasteiger partial charge in [0.05, 0.1) is 13.2 Å². The van der Waals surface area contributed by atoms with Crippen LogP contribution in [0.4, 0.5) is 0 Å². The Bertz CT molecular complexity index is 713. The Morgan fingerprint density at radius 3 is 3.00 bits per heavy atom. The maximum absolute atomic E-state index is 10.6. The van der Waals surface area contributed by atoms with Crippen LogP contribution in [0.15, 0.2) is 28.8 Å². The fourth-order valence-electron chi connectivity index (χ4n) is 3.54. The van der Waals surface area contributed by atoms with Crippen LogP contribution in [-0.2, 0) is 0 Å². The van der Waals surface area contributed by atoms with Crippen molar-refractivity contribution in [2.24, 2.45) is 0 Å². The lowest BCUT2D eigenvalue weighted by Gasteiger charge is -2.32. The van der Waals surface area contributed by atoms with Crippen molar-refractivity contribution in [2.45, 2.75) is 43.6 Å². The third-order valence-corrected chi connectivity index (χ3v) is 5.16. The standard InChI is InChI=1S/C19H25N3O3/c1-24-16-6-2-4-14(10-16)17(23)12-22-9-3-5-15(11-22)18-20-19(25-21-18)13-7-8-13/h2,4,6,10,13,15,17,23H,3,5,7-9,11-12H2,1H3/t15-,17+/m0/s1. The van der Waals surface area contributed by atoms with Gasteiger partial charge >= 0.3 is 0 Å². The molecule has 1 saturated heterocycles. The first kappa shape index (κ1) is 16.5. The molecule has 0 unspecified atom stereocenters. The Balaban J connectivity index is 1.38. The van der Waals surface area contributed by atoms with Crippen molar-refractivity contribution in [3.05, 3.63) is 41.5 Å². The molecule has 1 aromatic carbocycles. The molecule has 0 radical (unpaired) electrons. The normalized spacial score (nSPS) is 22.7. The first-order chi connectivity index (χ1) is 12.2. The topological polar surface area (TPSA) is 71.6 Å². The third-order valence-electron chi connectivity index (χ3n) is 5.16. The summed E-state index contributed by atoms with van der Waals surface area (Å²) < 4.78 is 10.7. The number of β-amino-alcohol motifs (C(OH)–C–C–N with tert-alkyl or cyclic N) is 1. The molecule has 2 aromatic rings. The van der Waals surface area contributed by atoms with Gasteiger partial charge in [0.1, 0.15) is 5.75 Å². The van der Waals surface area contributed by atoms with E-state index in [1.807, 2.05) is 24.3 Å². The van der Waals surface area contributed by atoms with E-state index in [0.29, 0.717) is 18.4 Å². The molecule has 1 aliphatic heterocycles. The van der Waals surface area contributed by atoms with Crippen molar-refractivity contribution in [3.8, 4) is 5.75 Å². The number of benzene rings is 1. The zero-order valence-corrected chi connectivity index (χ0v) is 14.6. The van der Waals surface area contributed by atoms with Crippen LogP contribution in [0.2, 0.25) is 0 Å². The molecule has 4 rings (SSSR count). The number of aliphatic hydroxyl groups excluding tert-OH is 1. The van der Waals surface area contributed by atoms with Gasteiger partial charge in [-0.15, -0.1) is 0 Å². The van der Waals surface area contributed by atoms with Crippen LogP contribution in [0, 0.1) is 0 Å². The number of hydrogen-bond donors (Lipinski definition) is 1. The summed E-state index contributed by atoms with van der Waals surface area (Å²) in [5, 5.41) is 14.8. The molecule has 0 spiro atoms. The van der Waals surface area contributed by atoms with E-state index in [1.165, 1.54) is 12.8 Å². The molecule has 2 aliphatic rings. The molecular weight excluding hydrogens is 318 g/mol. The average molecular weight is 343 g/mol. The van der Waals surface area contributed by atoms with E-state index in [0.717, 1.165) is 49.0 Å². The van der Waals surface area contributed by atoms with E-state index in [-0.39, 0.29) is 0 Å². The number of nitrogens with zero attached hydrogens (tertiary/aromatic N) is 3. The number of hydrogen-bond acceptors (Lipinski definition) is 6. The molecule has 134 valence electrons. The highest BCUT2D eigenvalue weighted by Crippen LogP contribution is 2.39. The highest BCUT2D eigenvalue weighted by atomic mass is 16.5. The lowest BCUT2D eigenvalue weighted by atomic mass is 9.96. The lowest BCUT2D eigenvalue weighted by Crippen LogP contribution is -2.37. The molecule has 0 amide bonds. The van der Waals surface area contributed by atoms with Gasteiger partial charge in [-0.25, -0.2) is 0 Å². The van der Waals surface area contributed by atoms with E-state index >= 15 is 0 Å². The van der Waals surface area contributed by atoms with Gasteiger partial charge in [0.2, 0.25) is 5.89 Å². The molecule has 6 nitrogen and oxygen atoms in total. The fraction of sp³-hybridized carbons (Fsp3) is 0.579. The zero-order chi connectivity index (χ0) is 17.2. The Morgan fingerprint density at radius 2 is 2.20 bits per heavy atom. The average Bonchev–Trinajstić information content (AvgIpc) is 3.39. The van der Waals surface area contributed by atoms with Crippen LogP contribution in [0.3, 0.4) is 0 Å². The van der Waals surface area contributed by atoms with Gasteiger partial charge in [0.25, 0.3) is 0 Å². The number of aromatic nitrogens is 2. The Labute approximate surface area is 147 Å². The van der Waals surface area contributed by atoms with Crippen molar-refractivity contribution in [1.29, 1.82) is 0 Å². The number of methoxy groups -OCH3 is 1. The van der Waals surface area contributed by atoms with Gasteiger partial charge in [-0.2, -0.15) is 4.98 Å². The predicted octanol–water partition coefficient (Wildman–Crippen LogP) is 2.87. The minimum absolute atomic E-state index is 0.294. The minimum Gasteiger partial charge on any atom is -0.497 e. The van der Waals surface area contributed by atoms with Gasteiger partial charge in [-0.3, -0.25) is 4.90 Å². The van der Waals surface area contributed by atoms with Gasteiger partial charge in [0, 0.05) is 24.9 Å². The maximum Gasteiger partial charge on any atom is 0.229 e. The highest BCUT2D eigenvalue weighted by Gasteiger charge is 2.32. The van der Waals surface area contributed by atoms with Crippen molar-refractivity contribution in [1.82, 2.24) is 15.0 Å². The molecule has 6 heteroatoms. The van der Waals surface area contributed by atoms with Crippen molar-refractivity contribution < 1.29 is 14.4 Å². The summed E-state index contributed by atoms with van der Waals surface area (Å²) in [6.07, 6.45) is 3.98. The van der Waals surface area contributed by atoms with Crippen LogP contribution in [0.5, 0.6) is 5.75 Å². The molecule has 2 fully saturated rings. The predicted molar refractivity (Wildman–Crippen MR) is 92.6 cm³/mol. The minimum atomic E-state index is -0.527. The fourth-order valence-corrected chi connectivity index (χ4v) is 3.54. The van der Waals surface area contributed by atoms with E-state index < -0.39 is 6.10 Å². The zero-order valence-electron chi connectivity index (χ0n) is 14.6. The second kappa shape index (κ2) is 7.14. The number of piperidine rings is 1. The summed E-state index contributed by atoms with van der Waals surface area (Å²) in [7, 11) is 1.64. The molecule has 2 atom stereocenters. The number of likely N-dealkylation sites (tertiary alicyclic amines) is 1.